The zero-order chi connectivity index (χ0) is 14.9. The van der Waals surface area contributed by atoms with E-state index >= 15 is 0 Å². The summed E-state index contributed by atoms with van der Waals surface area (Å²) in [6.45, 7) is 9.41. The topological polar surface area (TPSA) is 39.7 Å². The normalized spacial score (nSPS) is 19.5. The predicted octanol–water partition coefficient (Wildman–Crippen LogP) is 3.30. The fraction of sp³-hybridized carbons (Fsp3) is 0.688. The van der Waals surface area contributed by atoms with Crippen LogP contribution in [0.3, 0.4) is 0 Å². The molecule has 0 saturated carbocycles. The molecule has 1 aromatic rings. The van der Waals surface area contributed by atoms with Crippen molar-refractivity contribution in [1.82, 2.24) is 15.5 Å². The summed E-state index contributed by atoms with van der Waals surface area (Å²) < 4.78 is 0. The summed E-state index contributed by atoms with van der Waals surface area (Å²) in [5.41, 5.74) is 0. The van der Waals surface area contributed by atoms with E-state index in [4.69, 9.17) is 0 Å². The van der Waals surface area contributed by atoms with Gasteiger partial charge in [0.25, 0.3) is 0 Å². The predicted molar refractivity (Wildman–Crippen MR) is 107 cm³/mol. The molecule has 1 fully saturated rings. The van der Waals surface area contributed by atoms with E-state index in [1.165, 1.54) is 30.7 Å². The van der Waals surface area contributed by atoms with Crippen LogP contribution in [-0.2, 0) is 6.54 Å². The van der Waals surface area contributed by atoms with Crippen molar-refractivity contribution in [2.75, 3.05) is 26.2 Å². The third-order valence-electron chi connectivity index (χ3n) is 3.95. The molecule has 0 aliphatic carbocycles. The van der Waals surface area contributed by atoms with Crippen LogP contribution in [0.25, 0.3) is 0 Å². The first-order chi connectivity index (χ1) is 10.3. The Morgan fingerprint density at radius 1 is 1.41 bits per heavy atom. The molecule has 2 rings (SSSR count). The number of guanidine groups is 1. The number of likely N-dealkylation sites (tertiary alicyclic amines) is 1. The minimum absolute atomic E-state index is 0. The van der Waals surface area contributed by atoms with E-state index in [9.17, 15) is 0 Å². The maximum atomic E-state index is 4.64. The molecule has 1 atom stereocenters. The van der Waals surface area contributed by atoms with Crippen molar-refractivity contribution in [2.24, 2.45) is 4.99 Å². The lowest BCUT2D eigenvalue weighted by molar-refractivity contribution is 0.163. The Morgan fingerprint density at radius 3 is 2.95 bits per heavy atom. The first-order valence-corrected chi connectivity index (χ1v) is 8.96. The van der Waals surface area contributed by atoms with Gasteiger partial charge in [0.05, 0.1) is 6.54 Å². The van der Waals surface area contributed by atoms with Crippen LogP contribution < -0.4 is 10.6 Å². The molecule has 126 valence electrons. The molecule has 6 heteroatoms. The summed E-state index contributed by atoms with van der Waals surface area (Å²) in [5.74, 6) is 0.926. The minimum atomic E-state index is 0. The Balaban J connectivity index is 0.00000242. The van der Waals surface area contributed by atoms with Gasteiger partial charge in [0.15, 0.2) is 5.96 Å². The largest absolute Gasteiger partial charge is 0.357 e. The monoisotopic (exact) mass is 436 g/mol. The van der Waals surface area contributed by atoms with Crippen molar-refractivity contribution < 1.29 is 0 Å². The molecule has 1 aliphatic heterocycles. The summed E-state index contributed by atoms with van der Waals surface area (Å²) >= 11 is 1.76. The standard InChI is InChI=1S/C16H28N4S.HI/c1-3-17-16(19-13-15-8-6-12-21-15)18-9-11-20-10-5-4-7-14(20)2;/h6,8,12,14H,3-5,7,9-11,13H2,1-2H3,(H2,17,18,19);1H. The fourth-order valence-electron chi connectivity index (χ4n) is 2.71. The smallest absolute Gasteiger partial charge is 0.191 e. The van der Waals surface area contributed by atoms with E-state index in [-0.39, 0.29) is 24.0 Å². The van der Waals surface area contributed by atoms with Crippen molar-refractivity contribution in [3.63, 3.8) is 0 Å². The van der Waals surface area contributed by atoms with E-state index in [1.807, 2.05) is 0 Å². The van der Waals surface area contributed by atoms with Gasteiger partial charge in [-0.25, -0.2) is 4.99 Å². The van der Waals surface area contributed by atoms with Crippen LogP contribution in [0.1, 0.15) is 38.0 Å². The molecule has 0 amide bonds. The molecule has 1 aliphatic rings. The van der Waals surface area contributed by atoms with E-state index in [1.54, 1.807) is 11.3 Å². The van der Waals surface area contributed by atoms with Gasteiger partial charge in [-0.2, -0.15) is 0 Å². The van der Waals surface area contributed by atoms with Gasteiger partial charge in [-0.3, -0.25) is 4.90 Å². The third-order valence-corrected chi connectivity index (χ3v) is 4.81. The fourth-order valence-corrected chi connectivity index (χ4v) is 3.34. The molecule has 2 heterocycles. The maximum absolute atomic E-state index is 4.64. The molecule has 0 radical (unpaired) electrons. The lowest BCUT2D eigenvalue weighted by atomic mass is 10.0. The molecule has 0 aromatic carbocycles. The Kier molecular flexibility index (Phi) is 10.1. The average molecular weight is 436 g/mol. The van der Waals surface area contributed by atoms with E-state index < -0.39 is 0 Å². The zero-order valence-electron chi connectivity index (χ0n) is 13.7. The van der Waals surface area contributed by atoms with Gasteiger partial charge in [0, 0.05) is 30.6 Å². The SMILES string of the molecule is CCNC(=NCc1cccs1)NCCN1CCCCC1C.I. The van der Waals surface area contributed by atoms with Crippen LogP contribution >= 0.6 is 35.3 Å². The Hall–Kier alpha value is -0.340. The molecule has 1 aromatic heterocycles. The molecule has 22 heavy (non-hydrogen) atoms. The second-order valence-corrected chi connectivity index (χ2v) is 6.61. The Bertz CT molecular complexity index is 422. The summed E-state index contributed by atoms with van der Waals surface area (Å²) in [5, 5.41) is 8.87. The van der Waals surface area contributed by atoms with Crippen LogP contribution in [0, 0.1) is 0 Å². The lowest BCUT2D eigenvalue weighted by Crippen LogP contribution is -2.45. The summed E-state index contributed by atoms with van der Waals surface area (Å²) in [6, 6.07) is 4.94. The minimum Gasteiger partial charge on any atom is -0.357 e. The number of nitrogens with zero attached hydrogens (tertiary/aromatic N) is 2. The molecule has 4 nitrogen and oxygen atoms in total. The molecule has 0 bridgehead atoms. The average Bonchev–Trinajstić information content (AvgIpc) is 3.00. The molecule has 1 saturated heterocycles. The van der Waals surface area contributed by atoms with Crippen molar-refractivity contribution in [3.05, 3.63) is 22.4 Å². The van der Waals surface area contributed by atoms with Crippen LogP contribution in [0.15, 0.2) is 22.5 Å². The number of piperidine rings is 1. The van der Waals surface area contributed by atoms with Crippen LogP contribution in [0.2, 0.25) is 0 Å². The highest BCUT2D eigenvalue weighted by Crippen LogP contribution is 2.15. The summed E-state index contributed by atoms with van der Waals surface area (Å²) in [4.78, 5) is 8.53. The van der Waals surface area contributed by atoms with Gasteiger partial charge in [-0.15, -0.1) is 35.3 Å². The zero-order valence-corrected chi connectivity index (χ0v) is 16.8. The van der Waals surface area contributed by atoms with Crippen LogP contribution in [0.4, 0.5) is 0 Å². The first kappa shape index (κ1) is 19.7. The van der Waals surface area contributed by atoms with Crippen LogP contribution in [0.5, 0.6) is 0 Å². The van der Waals surface area contributed by atoms with Crippen molar-refractivity contribution in [2.45, 2.75) is 45.7 Å². The number of rotatable bonds is 6. The third kappa shape index (κ3) is 6.83. The number of aliphatic imine (C=N–C) groups is 1. The van der Waals surface area contributed by atoms with Crippen LogP contribution in [-0.4, -0.2) is 43.1 Å². The Labute approximate surface area is 155 Å². The number of halogens is 1. The van der Waals surface area contributed by atoms with Crippen molar-refractivity contribution in [1.29, 1.82) is 0 Å². The molecular formula is C16H29IN4S. The number of nitrogens with one attached hydrogen (secondary N) is 2. The molecule has 1 unspecified atom stereocenters. The second kappa shape index (κ2) is 11.2. The van der Waals surface area contributed by atoms with Gasteiger partial charge in [0.1, 0.15) is 0 Å². The summed E-state index contributed by atoms with van der Waals surface area (Å²) in [7, 11) is 0. The molecular weight excluding hydrogens is 407 g/mol. The Morgan fingerprint density at radius 2 is 2.27 bits per heavy atom. The van der Waals surface area contributed by atoms with E-state index in [2.05, 4.69) is 51.9 Å². The first-order valence-electron chi connectivity index (χ1n) is 8.08. The highest BCUT2D eigenvalue weighted by Gasteiger charge is 2.17. The van der Waals surface area contributed by atoms with Gasteiger partial charge < -0.3 is 10.6 Å². The summed E-state index contributed by atoms with van der Waals surface area (Å²) in [6.07, 6.45) is 4.07. The number of hydrogen-bond donors (Lipinski definition) is 2. The lowest BCUT2D eigenvalue weighted by Gasteiger charge is -2.33. The van der Waals surface area contributed by atoms with Gasteiger partial charge in [-0.05, 0) is 44.7 Å². The van der Waals surface area contributed by atoms with Gasteiger partial charge >= 0.3 is 0 Å². The highest BCUT2D eigenvalue weighted by molar-refractivity contribution is 14.0. The van der Waals surface area contributed by atoms with Gasteiger partial charge in [0.2, 0.25) is 0 Å². The maximum Gasteiger partial charge on any atom is 0.191 e. The molecule has 0 spiro atoms. The van der Waals surface area contributed by atoms with E-state index in [0.717, 1.165) is 38.2 Å². The van der Waals surface area contributed by atoms with E-state index in [0.29, 0.717) is 0 Å². The van der Waals surface area contributed by atoms with Gasteiger partial charge in [-0.1, -0.05) is 12.5 Å². The highest BCUT2D eigenvalue weighted by atomic mass is 127. The number of hydrogen-bond acceptors (Lipinski definition) is 3. The van der Waals surface area contributed by atoms with Crippen molar-refractivity contribution >= 4 is 41.3 Å². The second-order valence-electron chi connectivity index (χ2n) is 5.58. The number of thiophene rings is 1. The molecule has 2 N–H and O–H groups in total. The van der Waals surface area contributed by atoms with Crippen molar-refractivity contribution in [3.8, 4) is 0 Å². The quantitative estimate of drug-likeness (QED) is 0.409.